The third-order valence-electron chi connectivity index (χ3n) is 4.07. The Balaban J connectivity index is 1.98. The molecule has 1 N–H and O–H groups in total. The molecule has 0 bridgehead atoms. The topological polar surface area (TPSA) is 58.6 Å². The summed E-state index contributed by atoms with van der Waals surface area (Å²) in [6, 6.07) is 7.24. The Bertz CT molecular complexity index is 540. The number of rotatable bonds is 6. The van der Waals surface area contributed by atoms with E-state index in [4.69, 9.17) is 4.74 Å². The van der Waals surface area contributed by atoms with E-state index in [0.717, 1.165) is 36.6 Å². The Morgan fingerprint density at radius 1 is 1.17 bits per heavy atom. The van der Waals surface area contributed by atoms with Gasteiger partial charge in [-0.3, -0.25) is 9.59 Å². The number of ether oxygens (including phenoxy) is 1. The van der Waals surface area contributed by atoms with Crippen LogP contribution in [0.3, 0.4) is 0 Å². The van der Waals surface area contributed by atoms with Crippen molar-refractivity contribution in [3.63, 3.8) is 0 Å². The molecule has 1 fully saturated rings. The van der Waals surface area contributed by atoms with Crippen molar-refractivity contribution < 1.29 is 14.3 Å². The lowest BCUT2D eigenvalue weighted by atomic mass is 10.2. The summed E-state index contributed by atoms with van der Waals surface area (Å²) < 4.78 is 5.15. The minimum absolute atomic E-state index is 0.0353. The Morgan fingerprint density at radius 3 is 2.33 bits per heavy atom. The predicted octanol–water partition coefficient (Wildman–Crippen LogP) is 2.69. The van der Waals surface area contributed by atoms with Gasteiger partial charge in [0, 0.05) is 30.7 Å². The van der Waals surface area contributed by atoms with Crippen LogP contribution in [0, 0.1) is 0 Å². The Labute approximate surface area is 148 Å². The van der Waals surface area contributed by atoms with Crippen LogP contribution in [0.4, 0.5) is 0 Å². The maximum absolute atomic E-state index is 12.8. The summed E-state index contributed by atoms with van der Waals surface area (Å²) in [5.41, 5.74) is 0. The molecule has 2 rings (SSSR count). The molecule has 6 heteroatoms. The van der Waals surface area contributed by atoms with Gasteiger partial charge in [0.15, 0.2) is 0 Å². The summed E-state index contributed by atoms with van der Waals surface area (Å²) in [5, 5.41) is 2.81. The summed E-state index contributed by atoms with van der Waals surface area (Å²) in [6.07, 6.45) is 4.44. The largest absolute Gasteiger partial charge is 0.497 e. The van der Waals surface area contributed by atoms with Crippen LogP contribution in [0.2, 0.25) is 0 Å². The van der Waals surface area contributed by atoms with Gasteiger partial charge in [-0.05, 0) is 37.1 Å². The lowest BCUT2D eigenvalue weighted by Crippen LogP contribution is -2.49. The van der Waals surface area contributed by atoms with Crippen molar-refractivity contribution in [1.82, 2.24) is 10.2 Å². The van der Waals surface area contributed by atoms with Crippen LogP contribution in [0.1, 0.15) is 32.6 Å². The molecule has 1 heterocycles. The number of carbonyl (C=O) groups excluding carboxylic acids is 2. The van der Waals surface area contributed by atoms with E-state index in [1.807, 2.05) is 29.2 Å². The number of nitrogens with zero attached hydrogens (tertiary/aromatic N) is 1. The van der Waals surface area contributed by atoms with E-state index < -0.39 is 6.04 Å². The van der Waals surface area contributed by atoms with Gasteiger partial charge < -0.3 is 15.0 Å². The van der Waals surface area contributed by atoms with E-state index in [1.165, 1.54) is 19.8 Å². The fraction of sp³-hybridized carbons (Fsp3) is 0.556. The normalized spacial score (nSPS) is 16.2. The first-order chi connectivity index (χ1) is 11.6. The van der Waals surface area contributed by atoms with Crippen molar-refractivity contribution in [3.05, 3.63) is 24.3 Å². The highest BCUT2D eigenvalue weighted by molar-refractivity contribution is 7.99. The van der Waals surface area contributed by atoms with E-state index in [9.17, 15) is 9.59 Å². The van der Waals surface area contributed by atoms with Crippen LogP contribution in [0.5, 0.6) is 5.75 Å². The zero-order valence-electron chi connectivity index (χ0n) is 14.4. The highest BCUT2D eigenvalue weighted by Crippen LogP contribution is 2.22. The highest BCUT2D eigenvalue weighted by Gasteiger charge is 2.25. The Morgan fingerprint density at radius 2 is 1.79 bits per heavy atom. The molecule has 0 saturated carbocycles. The van der Waals surface area contributed by atoms with E-state index in [2.05, 4.69) is 5.32 Å². The quantitative estimate of drug-likeness (QED) is 0.802. The SMILES string of the molecule is COc1ccc(SCC(NC(C)=O)C(=O)N2CCCCCC2)cc1. The molecule has 1 aliphatic heterocycles. The number of methoxy groups -OCH3 is 1. The molecular formula is C18H26N2O3S. The molecule has 0 aliphatic carbocycles. The molecular weight excluding hydrogens is 324 g/mol. The van der Waals surface area contributed by atoms with Crippen LogP contribution in [-0.4, -0.2) is 48.7 Å². The predicted molar refractivity (Wildman–Crippen MR) is 96.4 cm³/mol. The van der Waals surface area contributed by atoms with Crippen LogP contribution in [0.25, 0.3) is 0 Å². The maximum atomic E-state index is 12.8. The minimum atomic E-state index is -0.479. The maximum Gasteiger partial charge on any atom is 0.246 e. The number of thioether (sulfide) groups is 1. The van der Waals surface area contributed by atoms with Crippen molar-refractivity contribution in [2.75, 3.05) is 26.0 Å². The van der Waals surface area contributed by atoms with Crippen LogP contribution in [0.15, 0.2) is 29.2 Å². The average molecular weight is 350 g/mol. The molecule has 1 saturated heterocycles. The standard InChI is InChI=1S/C18H26N2O3S/c1-14(21)19-17(18(22)20-11-5-3-4-6-12-20)13-24-16-9-7-15(23-2)8-10-16/h7-10,17H,3-6,11-13H2,1-2H3,(H,19,21). The zero-order chi connectivity index (χ0) is 17.4. The number of likely N-dealkylation sites (tertiary alicyclic amines) is 1. The van der Waals surface area contributed by atoms with Crippen LogP contribution in [-0.2, 0) is 9.59 Å². The molecule has 1 atom stereocenters. The van der Waals surface area contributed by atoms with Gasteiger partial charge in [-0.2, -0.15) is 0 Å². The summed E-state index contributed by atoms with van der Waals surface area (Å²) in [7, 11) is 1.63. The fourth-order valence-corrected chi connectivity index (χ4v) is 3.70. The number of benzene rings is 1. The van der Waals surface area contributed by atoms with E-state index in [1.54, 1.807) is 18.9 Å². The van der Waals surface area contributed by atoms with Gasteiger partial charge in [0.1, 0.15) is 11.8 Å². The van der Waals surface area contributed by atoms with Gasteiger partial charge in [-0.1, -0.05) is 12.8 Å². The minimum Gasteiger partial charge on any atom is -0.497 e. The molecule has 1 aliphatic rings. The molecule has 24 heavy (non-hydrogen) atoms. The van der Waals surface area contributed by atoms with Gasteiger partial charge in [0.05, 0.1) is 7.11 Å². The van der Waals surface area contributed by atoms with E-state index in [0.29, 0.717) is 5.75 Å². The van der Waals surface area contributed by atoms with Crippen molar-refractivity contribution in [2.24, 2.45) is 0 Å². The monoisotopic (exact) mass is 350 g/mol. The summed E-state index contributed by atoms with van der Waals surface area (Å²) in [4.78, 5) is 27.2. The molecule has 2 amide bonds. The number of nitrogens with one attached hydrogen (secondary N) is 1. The highest BCUT2D eigenvalue weighted by atomic mass is 32.2. The molecule has 1 aromatic carbocycles. The van der Waals surface area contributed by atoms with E-state index >= 15 is 0 Å². The molecule has 0 spiro atoms. The molecule has 1 aromatic rings. The second kappa shape index (κ2) is 9.57. The zero-order valence-corrected chi connectivity index (χ0v) is 15.2. The van der Waals surface area contributed by atoms with Gasteiger partial charge in [0.2, 0.25) is 11.8 Å². The number of hydrogen-bond acceptors (Lipinski definition) is 4. The first-order valence-electron chi connectivity index (χ1n) is 8.43. The lowest BCUT2D eigenvalue weighted by molar-refractivity contribution is -0.135. The van der Waals surface area contributed by atoms with Crippen molar-refractivity contribution >= 4 is 23.6 Å². The number of hydrogen-bond donors (Lipinski definition) is 1. The summed E-state index contributed by atoms with van der Waals surface area (Å²) >= 11 is 1.57. The molecule has 0 aromatic heterocycles. The van der Waals surface area contributed by atoms with Gasteiger partial charge in [-0.15, -0.1) is 11.8 Å². The number of amides is 2. The Hall–Kier alpha value is -1.69. The van der Waals surface area contributed by atoms with E-state index in [-0.39, 0.29) is 11.8 Å². The molecule has 1 unspecified atom stereocenters. The molecule has 0 radical (unpaired) electrons. The third kappa shape index (κ3) is 5.74. The lowest BCUT2D eigenvalue weighted by Gasteiger charge is -2.26. The second-order valence-electron chi connectivity index (χ2n) is 5.98. The first-order valence-corrected chi connectivity index (χ1v) is 9.41. The van der Waals surface area contributed by atoms with Crippen molar-refractivity contribution in [2.45, 2.75) is 43.5 Å². The second-order valence-corrected chi connectivity index (χ2v) is 7.07. The fourth-order valence-electron chi connectivity index (χ4n) is 2.78. The van der Waals surface area contributed by atoms with Crippen molar-refractivity contribution in [1.29, 1.82) is 0 Å². The smallest absolute Gasteiger partial charge is 0.246 e. The van der Waals surface area contributed by atoms with Crippen LogP contribution >= 0.6 is 11.8 Å². The van der Waals surface area contributed by atoms with Crippen molar-refractivity contribution in [3.8, 4) is 5.75 Å². The summed E-state index contributed by atoms with van der Waals surface area (Å²) in [5.74, 6) is 1.20. The molecule has 5 nitrogen and oxygen atoms in total. The van der Waals surface area contributed by atoms with Gasteiger partial charge in [0.25, 0.3) is 0 Å². The summed E-state index contributed by atoms with van der Waals surface area (Å²) in [6.45, 7) is 3.05. The first kappa shape index (κ1) is 18.6. The number of carbonyl (C=O) groups is 2. The third-order valence-corrected chi connectivity index (χ3v) is 5.17. The Kier molecular flexibility index (Phi) is 7.43. The van der Waals surface area contributed by atoms with Crippen LogP contribution < -0.4 is 10.1 Å². The average Bonchev–Trinajstić information content (AvgIpc) is 2.87. The van der Waals surface area contributed by atoms with Gasteiger partial charge >= 0.3 is 0 Å². The molecule has 132 valence electrons. The van der Waals surface area contributed by atoms with Gasteiger partial charge in [-0.25, -0.2) is 0 Å².